The Morgan fingerprint density at radius 1 is 1.16 bits per heavy atom. The van der Waals surface area contributed by atoms with Crippen LogP contribution >= 0.6 is 0 Å². The molecule has 0 bridgehead atoms. The Hall–Kier alpha value is -2.44. The number of nitrogens with one attached hydrogen (secondary N) is 1. The molecular formula is C19H18N2O3S. The van der Waals surface area contributed by atoms with E-state index in [0.29, 0.717) is 10.7 Å². The predicted molar refractivity (Wildman–Crippen MR) is 98.0 cm³/mol. The predicted octanol–water partition coefficient (Wildman–Crippen LogP) is 3.28. The fourth-order valence-corrected chi connectivity index (χ4v) is 3.68. The number of furan rings is 1. The Morgan fingerprint density at radius 2 is 1.96 bits per heavy atom. The molecule has 5 nitrogen and oxygen atoms in total. The Balaban J connectivity index is 1.78. The summed E-state index contributed by atoms with van der Waals surface area (Å²) in [4.78, 5) is 4.70. The van der Waals surface area contributed by atoms with Gasteiger partial charge < -0.3 is 9.73 Å². The van der Waals surface area contributed by atoms with Crippen LogP contribution in [0.3, 0.4) is 0 Å². The van der Waals surface area contributed by atoms with E-state index in [9.17, 15) is 8.42 Å². The van der Waals surface area contributed by atoms with Gasteiger partial charge in [-0.15, -0.1) is 0 Å². The third-order valence-corrected chi connectivity index (χ3v) is 5.48. The Kier molecular flexibility index (Phi) is 3.94. The van der Waals surface area contributed by atoms with Gasteiger partial charge in [-0.3, -0.25) is 4.98 Å². The molecular weight excluding hydrogens is 336 g/mol. The number of aromatic nitrogens is 1. The van der Waals surface area contributed by atoms with Crippen LogP contribution in [0.15, 0.2) is 58.0 Å². The van der Waals surface area contributed by atoms with E-state index in [-0.39, 0.29) is 0 Å². The first-order valence-corrected chi connectivity index (χ1v) is 10.0. The van der Waals surface area contributed by atoms with E-state index in [0.717, 1.165) is 41.7 Å². The Bertz CT molecular complexity index is 1060. The van der Waals surface area contributed by atoms with Crippen LogP contribution in [-0.2, 0) is 9.84 Å². The third kappa shape index (κ3) is 3.10. The Labute approximate surface area is 146 Å². The van der Waals surface area contributed by atoms with E-state index < -0.39 is 9.84 Å². The molecule has 1 aromatic carbocycles. The van der Waals surface area contributed by atoms with Gasteiger partial charge in [-0.05, 0) is 48.9 Å². The molecule has 128 valence electrons. The monoisotopic (exact) mass is 354 g/mol. The molecule has 6 heteroatoms. The maximum atomic E-state index is 11.6. The van der Waals surface area contributed by atoms with Crippen molar-refractivity contribution in [2.75, 3.05) is 19.3 Å². The first-order chi connectivity index (χ1) is 12.0. The molecule has 0 unspecified atom stereocenters. The highest BCUT2D eigenvalue weighted by molar-refractivity contribution is 7.90. The molecule has 3 heterocycles. The van der Waals surface area contributed by atoms with Crippen molar-refractivity contribution in [3.05, 3.63) is 54.2 Å². The van der Waals surface area contributed by atoms with Gasteiger partial charge in [-0.1, -0.05) is 6.08 Å². The number of hydrogen-bond acceptors (Lipinski definition) is 5. The number of nitrogens with zero attached hydrogens (tertiary/aromatic N) is 1. The molecule has 1 N–H and O–H groups in total. The molecule has 25 heavy (non-hydrogen) atoms. The smallest absolute Gasteiger partial charge is 0.175 e. The average Bonchev–Trinajstić information content (AvgIpc) is 3.06. The summed E-state index contributed by atoms with van der Waals surface area (Å²) < 4.78 is 29.3. The number of sulfone groups is 1. The molecule has 4 rings (SSSR count). The maximum absolute atomic E-state index is 11.6. The minimum Gasteiger partial charge on any atom is -0.454 e. The first-order valence-electron chi connectivity index (χ1n) is 8.11. The highest BCUT2D eigenvalue weighted by Gasteiger charge is 2.15. The third-order valence-electron chi connectivity index (χ3n) is 4.35. The van der Waals surface area contributed by atoms with Crippen LogP contribution in [0.4, 0.5) is 0 Å². The summed E-state index contributed by atoms with van der Waals surface area (Å²) in [5.41, 5.74) is 4.65. The fourth-order valence-electron chi connectivity index (χ4n) is 3.05. The van der Waals surface area contributed by atoms with Gasteiger partial charge in [0.05, 0.1) is 4.90 Å². The van der Waals surface area contributed by atoms with Crippen molar-refractivity contribution < 1.29 is 12.8 Å². The van der Waals surface area contributed by atoms with Crippen LogP contribution in [0, 0.1) is 0 Å². The van der Waals surface area contributed by atoms with Crippen molar-refractivity contribution in [1.82, 2.24) is 10.3 Å². The highest BCUT2D eigenvalue weighted by atomic mass is 32.2. The maximum Gasteiger partial charge on any atom is 0.175 e. The summed E-state index contributed by atoms with van der Waals surface area (Å²) in [6, 6.07) is 10.6. The van der Waals surface area contributed by atoms with Crippen LogP contribution in [0.2, 0.25) is 0 Å². The van der Waals surface area contributed by atoms with Crippen molar-refractivity contribution >= 4 is 26.5 Å². The lowest BCUT2D eigenvalue weighted by atomic mass is 10.0. The lowest BCUT2D eigenvalue weighted by Gasteiger charge is -2.14. The van der Waals surface area contributed by atoms with Gasteiger partial charge in [0.2, 0.25) is 0 Å². The molecule has 0 radical (unpaired) electrons. The van der Waals surface area contributed by atoms with Gasteiger partial charge in [0, 0.05) is 36.2 Å². The van der Waals surface area contributed by atoms with E-state index in [2.05, 4.69) is 16.4 Å². The molecule has 0 spiro atoms. The van der Waals surface area contributed by atoms with Crippen molar-refractivity contribution in [1.29, 1.82) is 0 Å². The van der Waals surface area contributed by atoms with Crippen molar-refractivity contribution in [3.8, 4) is 11.3 Å². The largest absolute Gasteiger partial charge is 0.454 e. The van der Waals surface area contributed by atoms with Gasteiger partial charge in [-0.2, -0.15) is 0 Å². The quantitative estimate of drug-likeness (QED) is 0.781. The SMILES string of the molecule is CS(=O)(=O)c1ccc(-c2cc3nccc(C4=CCCNC4)c3o2)cc1. The number of pyridine rings is 1. The zero-order chi connectivity index (χ0) is 17.4. The molecule has 3 aromatic rings. The minimum absolute atomic E-state index is 0.296. The fraction of sp³-hybridized carbons (Fsp3) is 0.211. The lowest BCUT2D eigenvalue weighted by Crippen LogP contribution is -2.21. The van der Waals surface area contributed by atoms with Gasteiger partial charge in [0.15, 0.2) is 15.4 Å². The number of rotatable bonds is 3. The van der Waals surface area contributed by atoms with E-state index >= 15 is 0 Å². The number of fused-ring (bicyclic) bond motifs is 1. The normalized spacial score (nSPS) is 15.3. The zero-order valence-corrected chi connectivity index (χ0v) is 14.6. The second kappa shape index (κ2) is 6.13. The summed E-state index contributed by atoms with van der Waals surface area (Å²) in [5.74, 6) is 0.680. The van der Waals surface area contributed by atoms with Gasteiger partial charge in [0.25, 0.3) is 0 Å². The average molecular weight is 354 g/mol. The van der Waals surface area contributed by atoms with E-state index in [1.807, 2.05) is 12.1 Å². The van der Waals surface area contributed by atoms with Crippen LogP contribution in [-0.4, -0.2) is 32.7 Å². The molecule has 0 saturated carbocycles. The summed E-state index contributed by atoms with van der Waals surface area (Å²) >= 11 is 0. The number of benzene rings is 1. The first kappa shape index (κ1) is 16.1. The molecule has 0 aliphatic carbocycles. The highest BCUT2D eigenvalue weighted by Crippen LogP contribution is 2.32. The van der Waals surface area contributed by atoms with Crippen LogP contribution in [0.5, 0.6) is 0 Å². The van der Waals surface area contributed by atoms with E-state index in [1.54, 1.807) is 30.5 Å². The van der Waals surface area contributed by atoms with Gasteiger partial charge in [-0.25, -0.2) is 8.42 Å². The van der Waals surface area contributed by atoms with Crippen molar-refractivity contribution in [2.24, 2.45) is 0 Å². The summed E-state index contributed by atoms with van der Waals surface area (Å²) in [6.07, 6.45) is 6.22. The second-order valence-corrected chi connectivity index (χ2v) is 8.19. The topological polar surface area (TPSA) is 72.2 Å². The lowest BCUT2D eigenvalue weighted by molar-refractivity contribution is 0.601. The summed E-state index contributed by atoms with van der Waals surface area (Å²) in [5, 5.41) is 3.37. The molecule has 1 aliphatic heterocycles. The second-order valence-electron chi connectivity index (χ2n) is 6.17. The minimum atomic E-state index is -3.21. The number of hydrogen-bond donors (Lipinski definition) is 1. The van der Waals surface area contributed by atoms with Crippen LogP contribution in [0.25, 0.3) is 28.0 Å². The summed E-state index contributed by atoms with van der Waals surface area (Å²) in [6.45, 7) is 1.81. The molecule has 1 aliphatic rings. The van der Waals surface area contributed by atoms with Crippen molar-refractivity contribution in [3.63, 3.8) is 0 Å². The molecule has 0 atom stereocenters. The van der Waals surface area contributed by atoms with Crippen LogP contribution in [0.1, 0.15) is 12.0 Å². The zero-order valence-electron chi connectivity index (χ0n) is 13.8. The molecule has 0 saturated heterocycles. The van der Waals surface area contributed by atoms with Crippen LogP contribution < -0.4 is 5.32 Å². The van der Waals surface area contributed by atoms with Crippen molar-refractivity contribution in [2.45, 2.75) is 11.3 Å². The molecule has 0 fully saturated rings. The standard InChI is InChI=1S/C19H18N2O3S/c1-25(22,23)15-6-4-13(5-7-15)18-11-17-19(24-18)16(8-10-21-17)14-3-2-9-20-12-14/h3-8,10-11,20H,2,9,12H2,1H3. The van der Waals surface area contributed by atoms with Gasteiger partial charge in [0.1, 0.15) is 11.3 Å². The molecule has 2 aromatic heterocycles. The van der Waals surface area contributed by atoms with E-state index in [4.69, 9.17) is 4.42 Å². The van der Waals surface area contributed by atoms with E-state index in [1.165, 1.54) is 11.8 Å². The molecule has 0 amide bonds. The summed E-state index contributed by atoms with van der Waals surface area (Å²) in [7, 11) is -3.21. The van der Waals surface area contributed by atoms with Gasteiger partial charge >= 0.3 is 0 Å². The Morgan fingerprint density at radius 3 is 2.64 bits per heavy atom.